The van der Waals surface area contributed by atoms with Crippen molar-refractivity contribution in [1.29, 1.82) is 0 Å². The van der Waals surface area contributed by atoms with Gasteiger partial charge in [-0.2, -0.15) is 0 Å². The third kappa shape index (κ3) is 4.91. The van der Waals surface area contributed by atoms with Crippen molar-refractivity contribution in [3.05, 3.63) is 82.4 Å². The lowest BCUT2D eigenvalue weighted by Crippen LogP contribution is -2.51. The topological polar surface area (TPSA) is 84.9 Å². The summed E-state index contributed by atoms with van der Waals surface area (Å²) in [4.78, 5) is 13.5. The first-order valence-electron chi connectivity index (χ1n) is 11.8. The van der Waals surface area contributed by atoms with Crippen molar-refractivity contribution < 1.29 is 22.7 Å². The van der Waals surface area contributed by atoms with Gasteiger partial charge in [0, 0.05) is 0 Å². The summed E-state index contributed by atoms with van der Waals surface area (Å²) >= 11 is 0. The van der Waals surface area contributed by atoms with E-state index in [0.717, 1.165) is 22.3 Å². The van der Waals surface area contributed by atoms with E-state index in [1.807, 2.05) is 33.8 Å². The second kappa shape index (κ2) is 9.85. The fourth-order valence-electron chi connectivity index (χ4n) is 4.43. The summed E-state index contributed by atoms with van der Waals surface area (Å²) < 4.78 is 39.8. The molecule has 0 aromatic heterocycles. The smallest absolute Gasteiger partial charge is 0.264 e. The van der Waals surface area contributed by atoms with E-state index in [2.05, 4.69) is 24.4 Å². The molecule has 1 heterocycles. The van der Waals surface area contributed by atoms with Gasteiger partial charge in [0.1, 0.15) is 11.5 Å². The number of carbonyl (C=O) groups is 1. The number of nitrogens with one attached hydrogen (secondary N) is 1. The molecule has 7 nitrogen and oxygen atoms in total. The molecule has 0 fully saturated rings. The number of fused-ring (bicyclic) bond motifs is 1. The molecule has 0 bridgehead atoms. The summed E-state index contributed by atoms with van der Waals surface area (Å²) in [6, 6.07) is 15.4. The van der Waals surface area contributed by atoms with Crippen LogP contribution in [0.25, 0.3) is 0 Å². The summed E-state index contributed by atoms with van der Waals surface area (Å²) in [5, 5.41) is 3.02. The fraction of sp³-hybridized carbons (Fsp3) is 0.321. The molecular weight excluding hydrogens is 476 g/mol. The molecule has 0 radical (unpaired) electrons. The van der Waals surface area contributed by atoms with E-state index in [1.54, 1.807) is 24.3 Å². The van der Waals surface area contributed by atoms with E-state index in [-0.39, 0.29) is 23.4 Å². The van der Waals surface area contributed by atoms with Gasteiger partial charge in [0.05, 0.1) is 30.3 Å². The van der Waals surface area contributed by atoms with Gasteiger partial charge in [-0.05, 0) is 98.8 Å². The highest BCUT2D eigenvalue weighted by Crippen LogP contribution is 2.38. The molecule has 0 saturated carbocycles. The standard InChI is InChI=1S/C28H32N2O5S/c1-17-7-12-25-26(13-17)35-27(16-30(25)36(32,33)23-10-8-22(34-6)9-11-23)28(31)29-21(5)24-15-19(3)18(2)14-20(24)4/h7-15,21,27H,16H2,1-6H3,(H,29,31)/t21-,27+/m0/s1. The van der Waals surface area contributed by atoms with Crippen LogP contribution in [0, 0.1) is 27.7 Å². The van der Waals surface area contributed by atoms with Crippen LogP contribution >= 0.6 is 0 Å². The minimum atomic E-state index is -3.96. The quantitative estimate of drug-likeness (QED) is 0.519. The van der Waals surface area contributed by atoms with Gasteiger partial charge in [0.25, 0.3) is 15.9 Å². The van der Waals surface area contributed by atoms with Crippen molar-refractivity contribution in [3.63, 3.8) is 0 Å². The molecule has 4 rings (SSSR count). The normalized spacial score (nSPS) is 16.1. The molecule has 0 spiro atoms. The summed E-state index contributed by atoms with van der Waals surface area (Å²) in [6.07, 6.45) is -1.01. The van der Waals surface area contributed by atoms with E-state index in [4.69, 9.17) is 9.47 Å². The fourth-order valence-corrected chi connectivity index (χ4v) is 5.91. The number of hydrogen-bond donors (Lipinski definition) is 1. The molecule has 3 aromatic carbocycles. The summed E-state index contributed by atoms with van der Waals surface area (Å²) in [5.74, 6) is 0.538. The first-order chi connectivity index (χ1) is 17.0. The first kappa shape index (κ1) is 25.6. The number of anilines is 1. The Labute approximate surface area is 213 Å². The van der Waals surface area contributed by atoms with Crippen LogP contribution in [0.1, 0.15) is 40.8 Å². The van der Waals surface area contributed by atoms with Crippen molar-refractivity contribution in [2.75, 3.05) is 18.0 Å². The first-order valence-corrected chi connectivity index (χ1v) is 13.3. The van der Waals surface area contributed by atoms with Crippen LogP contribution in [-0.2, 0) is 14.8 Å². The molecule has 0 aliphatic carbocycles. The minimum Gasteiger partial charge on any atom is -0.497 e. The van der Waals surface area contributed by atoms with Crippen LogP contribution in [0.15, 0.2) is 59.5 Å². The summed E-state index contributed by atoms with van der Waals surface area (Å²) in [5.41, 5.74) is 5.74. The number of rotatable bonds is 6. The van der Waals surface area contributed by atoms with Crippen LogP contribution in [0.4, 0.5) is 5.69 Å². The lowest BCUT2D eigenvalue weighted by atomic mass is 9.96. The number of aryl methyl sites for hydroxylation is 4. The molecule has 1 amide bonds. The molecule has 1 aliphatic rings. The van der Waals surface area contributed by atoms with Gasteiger partial charge in [0.15, 0.2) is 6.10 Å². The van der Waals surface area contributed by atoms with Gasteiger partial charge in [-0.25, -0.2) is 8.42 Å². The average molecular weight is 509 g/mol. The highest BCUT2D eigenvalue weighted by Gasteiger charge is 2.38. The van der Waals surface area contributed by atoms with Crippen molar-refractivity contribution in [2.45, 2.75) is 51.7 Å². The third-order valence-corrected chi connectivity index (χ3v) is 8.43. The Morgan fingerprint density at radius 2 is 1.67 bits per heavy atom. The molecule has 0 saturated heterocycles. The number of nitrogens with zero attached hydrogens (tertiary/aromatic N) is 1. The van der Waals surface area contributed by atoms with Crippen molar-refractivity contribution >= 4 is 21.6 Å². The van der Waals surface area contributed by atoms with Gasteiger partial charge in [-0.15, -0.1) is 0 Å². The molecule has 0 unspecified atom stereocenters. The SMILES string of the molecule is COc1ccc(S(=O)(=O)N2C[C@H](C(=O)N[C@@H](C)c3cc(C)c(C)cc3C)Oc3cc(C)ccc32)cc1. The van der Waals surface area contributed by atoms with Crippen molar-refractivity contribution in [1.82, 2.24) is 5.32 Å². The van der Waals surface area contributed by atoms with Crippen molar-refractivity contribution in [2.24, 2.45) is 0 Å². The van der Waals surface area contributed by atoms with E-state index < -0.39 is 16.1 Å². The molecular formula is C28H32N2O5S. The van der Waals surface area contributed by atoms with Crippen LogP contribution in [0.3, 0.4) is 0 Å². The Balaban J connectivity index is 1.64. The highest BCUT2D eigenvalue weighted by atomic mass is 32.2. The lowest BCUT2D eigenvalue weighted by Gasteiger charge is -2.35. The number of hydrogen-bond acceptors (Lipinski definition) is 5. The van der Waals surface area contributed by atoms with Gasteiger partial charge in [-0.1, -0.05) is 18.2 Å². The van der Waals surface area contributed by atoms with Gasteiger partial charge >= 0.3 is 0 Å². The van der Waals surface area contributed by atoms with Gasteiger partial charge in [-0.3, -0.25) is 9.10 Å². The predicted octanol–water partition coefficient (Wildman–Crippen LogP) is 4.76. The Morgan fingerprint density at radius 1 is 1.00 bits per heavy atom. The van der Waals surface area contributed by atoms with Crippen molar-refractivity contribution in [3.8, 4) is 11.5 Å². The van der Waals surface area contributed by atoms with Gasteiger partial charge in [0.2, 0.25) is 0 Å². The maximum absolute atomic E-state index is 13.7. The molecule has 36 heavy (non-hydrogen) atoms. The predicted molar refractivity (Wildman–Crippen MR) is 140 cm³/mol. The molecule has 8 heteroatoms. The molecule has 1 aliphatic heterocycles. The van der Waals surface area contributed by atoms with E-state index in [1.165, 1.54) is 29.1 Å². The lowest BCUT2D eigenvalue weighted by molar-refractivity contribution is -0.128. The second-order valence-electron chi connectivity index (χ2n) is 9.31. The number of ether oxygens (including phenoxy) is 2. The summed E-state index contributed by atoms with van der Waals surface area (Å²) in [7, 11) is -2.44. The van der Waals surface area contributed by atoms with Crippen LogP contribution in [-0.4, -0.2) is 34.1 Å². The third-order valence-electron chi connectivity index (χ3n) is 6.63. The number of sulfonamides is 1. The number of carbonyl (C=O) groups excluding carboxylic acids is 1. The van der Waals surface area contributed by atoms with Gasteiger partial charge < -0.3 is 14.8 Å². The van der Waals surface area contributed by atoms with Crippen LogP contribution in [0.5, 0.6) is 11.5 Å². The Kier molecular flexibility index (Phi) is 7.00. The molecule has 3 aromatic rings. The molecule has 190 valence electrons. The minimum absolute atomic E-state index is 0.106. The Bertz CT molecular complexity index is 1400. The highest BCUT2D eigenvalue weighted by molar-refractivity contribution is 7.92. The number of benzene rings is 3. The Morgan fingerprint density at radius 3 is 2.33 bits per heavy atom. The number of amides is 1. The van der Waals surface area contributed by atoms with E-state index >= 15 is 0 Å². The zero-order valence-corrected chi connectivity index (χ0v) is 22.3. The monoisotopic (exact) mass is 508 g/mol. The van der Waals surface area contributed by atoms with Crippen LogP contribution < -0.4 is 19.1 Å². The van der Waals surface area contributed by atoms with Crippen LogP contribution in [0.2, 0.25) is 0 Å². The molecule has 2 atom stereocenters. The number of methoxy groups -OCH3 is 1. The second-order valence-corrected chi connectivity index (χ2v) is 11.2. The largest absolute Gasteiger partial charge is 0.497 e. The Hall–Kier alpha value is -3.52. The molecule has 1 N–H and O–H groups in total. The maximum atomic E-state index is 13.7. The zero-order valence-electron chi connectivity index (χ0n) is 21.5. The van der Waals surface area contributed by atoms with E-state index in [9.17, 15) is 13.2 Å². The zero-order chi connectivity index (χ0) is 26.2. The average Bonchev–Trinajstić information content (AvgIpc) is 2.85. The van der Waals surface area contributed by atoms with E-state index in [0.29, 0.717) is 17.2 Å². The maximum Gasteiger partial charge on any atom is 0.264 e. The summed E-state index contributed by atoms with van der Waals surface area (Å²) in [6.45, 7) is 9.78.